The summed E-state index contributed by atoms with van der Waals surface area (Å²) in [6.07, 6.45) is 4.59. The summed E-state index contributed by atoms with van der Waals surface area (Å²) in [5.74, 6) is 2.58. The average Bonchev–Trinajstić information content (AvgIpc) is 3.28. The molecular weight excluding hydrogens is 404 g/mol. The van der Waals surface area contributed by atoms with Crippen LogP contribution in [0.3, 0.4) is 0 Å². The molecule has 6 nitrogen and oxygen atoms in total. The highest BCUT2D eigenvalue weighted by Crippen LogP contribution is 2.34. The molecule has 1 N–H and O–H groups in total. The summed E-state index contributed by atoms with van der Waals surface area (Å²) >= 11 is 0. The lowest BCUT2D eigenvalue weighted by atomic mass is 9.88. The first-order chi connectivity index (χ1) is 15.5. The largest absolute Gasteiger partial charge is 0.494 e. The van der Waals surface area contributed by atoms with Crippen LogP contribution in [0.1, 0.15) is 44.6 Å². The van der Waals surface area contributed by atoms with Crippen molar-refractivity contribution in [3.8, 4) is 17.2 Å². The van der Waals surface area contributed by atoms with Crippen molar-refractivity contribution in [2.75, 3.05) is 45.0 Å². The molecule has 2 aromatic rings. The summed E-state index contributed by atoms with van der Waals surface area (Å²) in [5.41, 5.74) is 1.78. The zero-order valence-corrected chi connectivity index (χ0v) is 19.4. The van der Waals surface area contributed by atoms with Gasteiger partial charge in [-0.2, -0.15) is 0 Å². The summed E-state index contributed by atoms with van der Waals surface area (Å²) in [6, 6.07) is 14.4. The quantitative estimate of drug-likeness (QED) is 0.551. The van der Waals surface area contributed by atoms with E-state index < -0.39 is 5.60 Å². The smallest absolute Gasteiger partial charge is 0.231 e. The van der Waals surface area contributed by atoms with Crippen LogP contribution in [0, 0.1) is 0 Å². The molecular formula is C26H36N2O4. The Balaban J connectivity index is 1.21. The van der Waals surface area contributed by atoms with Crippen molar-refractivity contribution in [2.24, 2.45) is 0 Å². The molecule has 2 heterocycles. The number of anilines is 1. The first-order valence-electron chi connectivity index (χ1n) is 11.8. The number of piperidine rings is 1. The Kier molecular flexibility index (Phi) is 7.43. The fourth-order valence-electron chi connectivity index (χ4n) is 4.31. The third kappa shape index (κ3) is 5.87. The van der Waals surface area contributed by atoms with Gasteiger partial charge in [-0.25, -0.2) is 0 Å². The van der Waals surface area contributed by atoms with Crippen LogP contribution in [0.4, 0.5) is 5.69 Å². The highest BCUT2D eigenvalue weighted by Gasteiger charge is 2.32. The zero-order valence-electron chi connectivity index (χ0n) is 19.4. The molecule has 0 saturated carbocycles. The van der Waals surface area contributed by atoms with E-state index in [1.54, 1.807) is 0 Å². The number of unbranched alkanes of at least 4 members (excludes halogenated alkanes) is 1. The number of rotatable bonds is 10. The average molecular weight is 441 g/mol. The topological polar surface area (TPSA) is 54.4 Å². The maximum atomic E-state index is 11.1. The third-order valence-electron chi connectivity index (χ3n) is 6.59. The van der Waals surface area contributed by atoms with Gasteiger partial charge in [-0.15, -0.1) is 0 Å². The first kappa shape index (κ1) is 22.7. The Morgan fingerprint density at radius 2 is 1.81 bits per heavy atom. The van der Waals surface area contributed by atoms with E-state index in [1.165, 1.54) is 5.56 Å². The molecule has 174 valence electrons. The molecule has 6 heteroatoms. The van der Waals surface area contributed by atoms with Gasteiger partial charge in [0.15, 0.2) is 11.5 Å². The molecule has 32 heavy (non-hydrogen) atoms. The van der Waals surface area contributed by atoms with Crippen molar-refractivity contribution in [1.29, 1.82) is 0 Å². The number of hydrogen-bond acceptors (Lipinski definition) is 6. The molecule has 4 rings (SSSR count). The van der Waals surface area contributed by atoms with Gasteiger partial charge in [-0.1, -0.05) is 19.4 Å². The predicted octanol–water partition coefficient (Wildman–Crippen LogP) is 4.45. The molecule has 0 bridgehead atoms. The molecule has 0 unspecified atom stereocenters. The van der Waals surface area contributed by atoms with Crippen LogP contribution >= 0.6 is 0 Å². The summed E-state index contributed by atoms with van der Waals surface area (Å²) in [6.45, 7) is 6.74. The summed E-state index contributed by atoms with van der Waals surface area (Å²) in [4.78, 5) is 4.62. The Morgan fingerprint density at radius 3 is 2.56 bits per heavy atom. The third-order valence-corrected chi connectivity index (χ3v) is 6.59. The number of hydrogen-bond donors (Lipinski definition) is 1. The van der Waals surface area contributed by atoms with E-state index in [1.807, 2.05) is 18.2 Å². The van der Waals surface area contributed by atoms with E-state index in [0.717, 1.165) is 87.8 Å². The van der Waals surface area contributed by atoms with Crippen LogP contribution in [0.15, 0.2) is 42.5 Å². The maximum absolute atomic E-state index is 11.1. The van der Waals surface area contributed by atoms with Gasteiger partial charge in [0.1, 0.15) is 5.75 Å². The molecule has 0 aliphatic carbocycles. The summed E-state index contributed by atoms with van der Waals surface area (Å²) in [7, 11) is 2.09. The van der Waals surface area contributed by atoms with Crippen LogP contribution in [0.2, 0.25) is 0 Å². The normalized spacial score (nSPS) is 17.3. The monoisotopic (exact) mass is 440 g/mol. The minimum absolute atomic E-state index is 0.306. The van der Waals surface area contributed by atoms with Crippen LogP contribution in [-0.4, -0.2) is 55.7 Å². The van der Waals surface area contributed by atoms with Gasteiger partial charge < -0.3 is 24.2 Å². The van der Waals surface area contributed by atoms with Crippen molar-refractivity contribution in [1.82, 2.24) is 4.90 Å². The van der Waals surface area contributed by atoms with Crippen molar-refractivity contribution in [3.63, 3.8) is 0 Å². The van der Waals surface area contributed by atoms with Crippen LogP contribution in [0.25, 0.3) is 0 Å². The lowest BCUT2D eigenvalue weighted by Crippen LogP contribution is -2.45. The summed E-state index contributed by atoms with van der Waals surface area (Å²) in [5, 5.41) is 11.1. The Morgan fingerprint density at radius 1 is 1.06 bits per heavy atom. The van der Waals surface area contributed by atoms with Gasteiger partial charge in [0.05, 0.1) is 12.2 Å². The zero-order chi connectivity index (χ0) is 22.4. The van der Waals surface area contributed by atoms with Gasteiger partial charge in [0, 0.05) is 38.9 Å². The lowest BCUT2D eigenvalue weighted by Gasteiger charge is -2.39. The minimum Gasteiger partial charge on any atom is -0.494 e. The number of aliphatic hydroxyl groups is 1. The second-order valence-electron chi connectivity index (χ2n) is 9.06. The first-order valence-corrected chi connectivity index (χ1v) is 11.8. The van der Waals surface area contributed by atoms with Gasteiger partial charge in [-0.05, 0) is 67.6 Å². The van der Waals surface area contributed by atoms with Crippen molar-refractivity contribution >= 4 is 5.69 Å². The van der Waals surface area contributed by atoms with Crippen LogP contribution in [0.5, 0.6) is 17.2 Å². The molecule has 0 aromatic heterocycles. The SMILES string of the molecule is CCCCOc1ccc(N(C)CCC2(O)CCN(Cc3ccc4c(c3)OCO4)CC2)cc1. The molecule has 2 aliphatic heterocycles. The highest BCUT2D eigenvalue weighted by molar-refractivity contribution is 5.48. The Hall–Kier alpha value is -2.44. The molecule has 0 radical (unpaired) electrons. The van der Waals surface area contributed by atoms with Crippen LogP contribution < -0.4 is 19.1 Å². The maximum Gasteiger partial charge on any atom is 0.231 e. The predicted molar refractivity (Wildman–Crippen MR) is 127 cm³/mol. The van der Waals surface area contributed by atoms with Crippen molar-refractivity contribution in [3.05, 3.63) is 48.0 Å². The van der Waals surface area contributed by atoms with E-state index in [2.05, 4.69) is 48.0 Å². The standard InChI is InChI=1S/C26H36N2O4/c1-3-4-17-30-23-8-6-22(7-9-23)27(2)14-11-26(29)12-15-28(16-13-26)19-21-5-10-24-25(18-21)32-20-31-24/h5-10,18,29H,3-4,11-17,19-20H2,1-2H3. The molecule has 1 fully saturated rings. The second-order valence-corrected chi connectivity index (χ2v) is 9.06. The number of fused-ring (bicyclic) bond motifs is 1. The van der Waals surface area contributed by atoms with E-state index in [9.17, 15) is 5.11 Å². The summed E-state index contributed by atoms with van der Waals surface area (Å²) < 4.78 is 16.6. The number of likely N-dealkylation sites (tertiary alicyclic amines) is 1. The fraction of sp³-hybridized carbons (Fsp3) is 0.538. The molecule has 0 amide bonds. The minimum atomic E-state index is -0.594. The number of benzene rings is 2. The molecule has 2 aliphatic rings. The van der Waals surface area contributed by atoms with Gasteiger partial charge in [0.2, 0.25) is 6.79 Å². The highest BCUT2D eigenvalue weighted by atomic mass is 16.7. The van der Waals surface area contributed by atoms with Gasteiger partial charge in [0.25, 0.3) is 0 Å². The van der Waals surface area contributed by atoms with Gasteiger partial charge in [-0.3, -0.25) is 4.90 Å². The molecule has 0 spiro atoms. The van der Waals surface area contributed by atoms with E-state index in [0.29, 0.717) is 6.79 Å². The number of nitrogens with zero attached hydrogens (tertiary/aromatic N) is 2. The van der Waals surface area contributed by atoms with E-state index >= 15 is 0 Å². The van der Waals surface area contributed by atoms with E-state index in [-0.39, 0.29) is 0 Å². The molecule has 0 atom stereocenters. The lowest BCUT2D eigenvalue weighted by molar-refractivity contribution is -0.0275. The Labute approximate surface area is 191 Å². The van der Waals surface area contributed by atoms with Crippen molar-refractivity contribution < 1.29 is 19.3 Å². The van der Waals surface area contributed by atoms with Crippen LogP contribution in [-0.2, 0) is 6.54 Å². The molecule has 1 saturated heterocycles. The molecule has 2 aromatic carbocycles. The van der Waals surface area contributed by atoms with E-state index in [4.69, 9.17) is 14.2 Å². The van der Waals surface area contributed by atoms with Gasteiger partial charge >= 0.3 is 0 Å². The second kappa shape index (κ2) is 10.5. The fourth-order valence-corrected chi connectivity index (χ4v) is 4.31. The van der Waals surface area contributed by atoms with Crippen molar-refractivity contribution in [2.45, 2.75) is 51.2 Å². The number of ether oxygens (including phenoxy) is 3. The Bertz CT molecular complexity index is 863.